The molecule has 0 bridgehead atoms. The van der Waals surface area contributed by atoms with E-state index in [2.05, 4.69) is 10.3 Å². The van der Waals surface area contributed by atoms with Gasteiger partial charge in [-0.05, 0) is 31.0 Å². The summed E-state index contributed by atoms with van der Waals surface area (Å²) in [6.07, 6.45) is 2.36. The molecule has 4 nitrogen and oxygen atoms in total. The van der Waals surface area contributed by atoms with E-state index in [9.17, 15) is 0 Å². The van der Waals surface area contributed by atoms with E-state index in [-0.39, 0.29) is 12.6 Å². The van der Waals surface area contributed by atoms with E-state index in [0.717, 1.165) is 12.0 Å². The monoisotopic (exact) mass is 205 g/mol. The van der Waals surface area contributed by atoms with Gasteiger partial charge in [-0.25, -0.2) is 4.98 Å². The lowest BCUT2D eigenvalue weighted by Crippen LogP contribution is -2.26. The SMILES string of the molecule is CC(CCO)NCc1ccnc(C#N)c1. The Morgan fingerprint density at radius 1 is 1.67 bits per heavy atom. The largest absolute Gasteiger partial charge is 0.396 e. The highest BCUT2D eigenvalue weighted by Crippen LogP contribution is 2.01. The molecule has 0 saturated heterocycles. The molecule has 0 aliphatic rings. The van der Waals surface area contributed by atoms with Crippen LogP contribution in [-0.4, -0.2) is 22.7 Å². The Morgan fingerprint density at radius 3 is 3.13 bits per heavy atom. The molecule has 0 aliphatic carbocycles. The Morgan fingerprint density at radius 2 is 2.47 bits per heavy atom. The third kappa shape index (κ3) is 4.07. The van der Waals surface area contributed by atoms with Crippen molar-refractivity contribution in [3.05, 3.63) is 29.6 Å². The van der Waals surface area contributed by atoms with Crippen molar-refractivity contribution < 1.29 is 5.11 Å². The van der Waals surface area contributed by atoms with E-state index < -0.39 is 0 Å². The zero-order valence-electron chi connectivity index (χ0n) is 8.77. The van der Waals surface area contributed by atoms with E-state index in [4.69, 9.17) is 10.4 Å². The van der Waals surface area contributed by atoms with Gasteiger partial charge in [0.05, 0.1) is 0 Å². The average molecular weight is 205 g/mol. The second kappa shape index (κ2) is 6.12. The quantitative estimate of drug-likeness (QED) is 0.746. The molecule has 1 rings (SSSR count). The van der Waals surface area contributed by atoms with Crippen LogP contribution < -0.4 is 5.32 Å². The Kier molecular flexibility index (Phi) is 4.75. The molecule has 1 unspecified atom stereocenters. The van der Waals surface area contributed by atoms with Gasteiger partial charge in [0.15, 0.2) is 0 Å². The number of aliphatic hydroxyl groups excluding tert-OH is 1. The maximum atomic E-state index is 8.72. The number of aromatic nitrogens is 1. The molecule has 15 heavy (non-hydrogen) atoms. The molecule has 0 aromatic carbocycles. The van der Waals surface area contributed by atoms with Crippen LogP contribution in [0, 0.1) is 11.3 Å². The second-order valence-corrected chi connectivity index (χ2v) is 3.46. The van der Waals surface area contributed by atoms with Gasteiger partial charge in [0.2, 0.25) is 0 Å². The van der Waals surface area contributed by atoms with Gasteiger partial charge < -0.3 is 10.4 Å². The lowest BCUT2D eigenvalue weighted by molar-refractivity contribution is 0.268. The Hall–Kier alpha value is -1.44. The van der Waals surface area contributed by atoms with E-state index in [1.54, 1.807) is 12.3 Å². The fraction of sp³-hybridized carbons (Fsp3) is 0.455. The summed E-state index contributed by atoms with van der Waals surface area (Å²) in [5.41, 5.74) is 1.47. The maximum absolute atomic E-state index is 8.72. The number of hydrogen-bond acceptors (Lipinski definition) is 4. The number of nitriles is 1. The van der Waals surface area contributed by atoms with Crippen LogP contribution in [0.25, 0.3) is 0 Å². The van der Waals surface area contributed by atoms with Gasteiger partial charge in [-0.15, -0.1) is 0 Å². The first-order valence-corrected chi connectivity index (χ1v) is 4.95. The summed E-state index contributed by atoms with van der Waals surface area (Å²) in [5, 5.41) is 20.6. The lowest BCUT2D eigenvalue weighted by Gasteiger charge is -2.11. The lowest BCUT2D eigenvalue weighted by atomic mass is 10.2. The minimum Gasteiger partial charge on any atom is -0.396 e. The Balaban J connectivity index is 2.47. The van der Waals surface area contributed by atoms with E-state index in [1.165, 1.54) is 0 Å². The molecule has 4 heteroatoms. The van der Waals surface area contributed by atoms with Gasteiger partial charge in [-0.2, -0.15) is 5.26 Å². The van der Waals surface area contributed by atoms with Crippen LogP contribution in [0.3, 0.4) is 0 Å². The van der Waals surface area contributed by atoms with Crippen LogP contribution in [-0.2, 0) is 6.54 Å². The van der Waals surface area contributed by atoms with Gasteiger partial charge in [0.1, 0.15) is 11.8 Å². The van der Waals surface area contributed by atoms with Crippen LogP contribution in [0.15, 0.2) is 18.3 Å². The smallest absolute Gasteiger partial charge is 0.140 e. The molecule has 1 aromatic rings. The topological polar surface area (TPSA) is 68.9 Å². The standard InChI is InChI=1S/C11H15N3O/c1-9(3-5-15)14-8-10-2-4-13-11(6-10)7-12/h2,4,6,9,14-15H,3,5,8H2,1H3. The van der Waals surface area contributed by atoms with Crippen LogP contribution >= 0.6 is 0 Å². The van der Waals surface area contributed by atoms with Crippen molar-refractivity contribution in [3.8, 4) is 6.07 Å². The van der Waals surface area contributed by atoms with Crippen molar-refractivity contribution >= 4 is 0 Å². The zero-order valence-corrected chi connectivity index (χ0v) is 8.77. The first-order valence-electron chi connectivity index (χ1n) is 4.95. The molecule has 80 valence electrons. The molecule has 0 amide bonds. The van der Waals surface area contributed by atoms with Crippen molar-refractivity contribution in [1.82, 2.24) is 10.3 Å². The summed E-state index contributed by atoms with van der Waals surface area (Å²) in [7, 11) is 0. The van der Waals surface area contributed by atoms with Gasteiger partial charge >= 0.3 is 0 Å². The van der Waals surface area contributed by atoms with E-state index in [1.807, 2.05) is 19.1 Å². The van der Waals surface area contributed by atoms with Crippen molar-refractivity contribution in [2.24, 2.45) is 0 Å². The highest BCUT2D eigenvalue weighted by atomic mass is 16.3. The molecule has 0 spiro atoms. The predicted octanol–water partition coefficient (Wildman–Crippen LogP) is 0.814. The highest BCUT2D eigenvalue weighted by molar-refractivity contribution is 5.25. The van der Waals surface area contributed by atoms with Gasteiger partial charge in [0.25, 0.3) is 0 Å². The Bertz CT molecular complexity index is 346. The van der Waals surface area contributed by atoms with Crippen molar-refractivity contribution in [2.45, 2.75) is 25.9 Å². The summed E-state index contributed by atoms with van der Waals surface area (Å²) in [5.74, 6) is 0. The molecule has 0 fully saturated rings. The molecule has 1 atom stereocenters. The summed E-state index contributed by atoms with van der Waals surface area (Å²) in [6, 6.07) is 5.91. The summed E-state index contributed by atoms with van der Waals surface area (Å²) < 4.78 is 0. The number of aliphatic hydroxyl groups is 1. The molecule has 1 heterocycles. The van der Waals surface area contributed by atoms with Crippen molar-refractivity contribution in [3.63, 3.8) is 0 Å². The summed E-state index contributed by atoms with van der Waals surface area (Å²) >= 11 is 0. The maximum Gasteiger partial charge on any atom is 0.140 e. The first-order chi connectivity index (χ1) is 7.26. The highest BCUT2D eigenvalue weighted by Gasteiger charge is 2.01. The number of nitrogens with zero attached hydrogens (tertiary/aromatic N) is 2. The predicted molar refractivity (Wildman–Crippen MR) is 57.0 cm³/mol. The number of rotatable bonds is 5. The average Bonchev–Trinajstić information content (AvgIpc) is 2.27. The molecule has 0 aliphatic heterocycles. The van der Waals surface area contributed by atoms with Gasteiger partial charge in [-0.1, -0.05) is 0 Å². The first kappa shape index (κ1) is 11.6. The molecule has 0 radical (unpaired) electrons. The molecular weight excluding hydrogens is 190 g/mol. The normalized spacial score (nSPS) is 12.1. The van der Waals surface area contributed by atoms with E-state index >= 15 is 0 Å². The fourth-order valence-corrected chi connectivity index (χ4v) is 1.23. The van der Waals surface area contributed by atoms with Crippen LogP contribution in [0.5, 0.6) is 0 Å². The fourth-order valence-electron chi connectivity index (χ4n) is 1.23. The zero-order chi connectivity index (χ0) is 11.1. The third-order valence-corrected chi connectivity index (χ3v) is 2.16. The van der Waals surface area contributed by atoms with Crippen molar-refractivity contribution in [2.75, 3.05) is 6.61 Å². The minimum atomic E-state index is 0.188. The van der Waals surface area contributed by atoms with E-state index in [0.29, 0.717) is 12.2 Å². The molecule has 2 N–H and O–H groups in total. The van der Waals surface area contributed by atoms with Crippen LogP contribution in [0.1, 0.15) is 24.6 Å². The number of nitrogens with one attached hydrogen (secondary N) is 1. The van der Waals surface area contributed by atoms with Crippen molar-refractivity contribution in [1.29, 1.82) is 5.26 Å². The minimum absolute atomic E-state index is 0.188. The number of hydrogen-bond donors (Lipinski definition) is 2. The van der Waals surface area contributed by atoms with Gasteiger partial charge in [0, 0.05) is 25.4 Å². The molecule has 0 saturated carbocycles. The summed E-state index contributed by atoms with van der Waals surface area (Å²) in [6.45, 7) is 2.90. The number of pyridine rings is 1. The molecule has 1 aromatic heterocycles. The van der Waals surface area contributed by atoms with Crippen LogP contribution in [0.2, 0.25) is 0 Å². The van der Waals surface area contributed by atoms with Crippen LogP contribution in [0.4, 0.5) is 0 Å². The summed E-state index contributed by atoms with van der Waals surface area (Å²) in [4.78, 5) is 3.89. The second-order valence-electron chi connectivity index (χ2n) is 3.46. The third-order valence-electron chi connectivity index (χ3n) is 2.16. The molecular formula is C11H15N3O. The van der Waals surface area contributed by atoms with Gasteiger partial charge in [-0.3, -0.25) is 0 Å². The Labute approximate surface area is 89.6 Å².